The van der Waals surface area contributed by atoms with E-state index in [0.29, 0.717) is 26.4 Å². The summed E-state index contributed by atoms with van der Waals surface area (Å²) >= 11 is 1.30. The number of esters is 1. The van der Waals surface area contributed by atoms with Crippen LogP contribution in [0.1, 0.15) is 29.7 Å². The predicted octanol–water partition coefficient (Wildman–Crippen LogP) is 3.94. The molecule has 0 amide bonds. The zero-order chi connectivity index (χ0) is 25.1. The van der Waals surface area contributed by atoms with Crippen LogP contribution >= 0.6 is 11.3 Å². The average molecular weight is 497 g/mol. The van der Waals surface area contributed by atoms with E-state index in [9.17, 15) is 9.59 Å². The largest absolute Gasteiger partial charge is 0.497 e. The third-order valence-corrected chi connectivity index (χ3v) is 6.86. The summed E-state index contributed by atoms with van der Waals surface area (Å²) in [4.78, 5) is 32.6. The number of nitrogens with zero attached hydrogens (tertiary/aromatic N) is 2. The smallest absolute Gasteiger partial charge is 0.338 e. The van der Waals surface area contributed by atoms with E-state index in [1.165, 1.54) is 11.3 Å². The summed E-state index contributed by atoms with van der Waals surface area (Å²) in [5.41, 5.74) is 3.00. The molecule has 2 heterocycles. The van der Waals surface area contributed by atoms with Crippen molar-refractivity contribution in [3.8, 4) is 5.75 Å². The zero-order valence-electron chi connectivity index (χ0n) is 19.9. The number of thiazole rings is 1. The minimum absolute atomic E-state index is 0.202. The maximum Gasteiger partial charge on any atom is 0.338 e. The molecule has 1 aliphatic rings. The molecule has 1 atom stereocenters. The van der Waals surface area contributed by atoms with Crippen LogP contribution in [-0.4, -0.2) is 24.3 Å². The highest BCUT2D eigenvalue weighted by Gasteiger charge is 2.35. The minimum Gasteiger partial charge on any atom is -0.497 e. The summed E-state index contributed by atoms with van der Waals surface area (Å²) in [7, 11) is 1.59. The zero-order valence-corrected chi connectivity index (χ0v) is 20.7. The van der Waals surface area contributed by atoms with Gasteiger partial charge in [-0.2, -0.15) is 0 Å². The number of fused-ring (bicyclic) bond motifs is 1. The predicted molar refractivity (Wildman–Crippen MR) is 140 cm³/mol. The van der Waals surface area contributed by atoms with Crippen molar-refractivity contribution in [1.29, 1.82) is 0 Å². The van der Waals surface area contributed by atoms with Gasteiger partial charge in [0.15, 0.2) is 4.80 Å². The third-order valence-electron chi connectivity index (χ3n) is 5.88. The third kappa shape index (κ3) is 4.41. The van der Waals surface area contributed by atoms with E-state index in [1.807, 2.05) is 91.0 Å². The number of hydrogen-bond acceptors (Lipinski definition) is 6. The normalized spacial score (nSPS) is 15.3. The van der Waals surface area contributed by atoms with E-state index >= 15 is 0 Å². The van der Waals surface area contributed by atoms with Gasteiger partial charge in [0.05, 0.1) is 35.6 Å². The van der Waals surface area contributed by atoms with Gasteiger partial charge in [-0.1, -0.05) is 84.1 Å². The summed E-state index contributed by atoms with van der Waals surface area (Å²) < 4.78 is 13.1. The van der Waals surface area contributed by atoms with Crippen molar-refractivity contribution in [3.63, 3.8) is 0 Å². The van der Waals surface area contributed by atoms with Crippen LogP contribution in [-0.2, 0) is 9.53 Å². The summed E-state index contributed by atoms with van der Waals surface area (Å²) in [6.45, 7) is 1.96. The maximum atomic E-state index is 13.8. The topological polar surface area (TPSA) is 69.9 Å². The van der Waals surface area contributed by atoms with Gasteiger partial charge in [-0.3, -0.25) is 9.36 Å². The molecule has 0 bridgehead atoms. The lowest BCUT2D eigenvalue weighted by molar-refractivity contribution is -0.138. The van der Waals surface area contributed by atoms with Gasteiger partial charge in [-0.15, -0.1) is 0 Å². The molecule has 180 valence electrons. The molecule has 1 aliphatic heterocycles. The summed E-state index contributed by atoms with van der Waals surface area (Å²) in [6, 6.07) is 25.8. The van der Waals surface area contributed by atoms with Gasteiger partial charge in [0.25, 0.3) is 5.56 Å². The van der Waals surface area contributed by atoms with Gasteiger partial charge >= 0.3 is 5.97 Å². The van der Waals surface area contributed by atoms with E-state index in [-0.39, 0.29) is 12.2 Å². The molecule has 4 aromatic rings. The number of methoxy groups -OCH3 is 1. The van der Waals surface area contributed by atoms with Crippen molar-refractivity contribution in [1.82, 2.24) is 4.57 Å². The molecular weight excluding hydrogens is 472 g/mol. The van der Waals surface area contributed by atoms with Gasteiger partial charge in [0.1, 0.15) is 5.75 Å². The van der Waals surface area contributed by atoms with E-state index in [0.717, 1.165) is 16.7 Å². The van der Waals surface area contributed by atoms with Gasteiger partial charge in [0.2, 0.25) is 0 Å². The average Bonchev–Trinajstić information content (AvgIpc) is 3.23. The second-order valence-electron chi connectivity index (χ2n) is 8.12. The quantitative estimate of drug-likeness (QED) is 0.379. The number of carbonyl (C=O) groups is 1. The first-order valence-electron chi connectivity index (χ1n) is 11.6. The Labute approximate surface area is 212 Å². The van der Waals surface area contributed by atoms with Crippen molar-refractivity contribution in [2.24, 2.45) is 4.99 Å². The first-order valence-corrected chi connectivity index (χ1v) is 12.4. The molecule has 0 saturated carbocycles. The lowest BCUT2D eigenvalue weighted by Gasteiger charge is -2.26. The number of aromatic nitrogens is 1. The molecule has 0 N–H and O–H groups in total. The highest BCUT2D eigenvalue weighted by atomic mass is 32.1. The van der Waals surface area contributed by atoms with Crippen LogP contribution in [0.2, 0.25) is 0 Å². The molecule has 7 heteroatoms. The lowest BCUT2D eigenvalue weighted by atomic mass is 9.93. The number of carbonyl (C=O) groups excluding carboxylic acids is 1. The van der Waals surface area contributed by atoms with Crippen LogP contribution < -0.4 is 19.6 Å². The molecule has 0 unspecified atom stereocenters. The molecule has 6 nitrogen and oxygen atoms in total. The summed E-state index contributed by atoms with van der Waals surface area (Å²) in [6.07, 6.45) is 1.85. The van der Waals surface area contributed by atoms with Crippen LogP contribution in [0.3, 0.4) is 0 Å². The number of hydrogen-bond donors (Lipinski definition) is 0. The van der Waals surface area contributed by atoms with Crippen LogP contribution in [0, 0.1) is 0 Å². The molecule has 0 saturated heterocycles. The van der Waals surface area contributed by atoms with Crippen LogP contribution in [0.25, 0.3) is 11.8 Å². The Morgan fingerprint density at radius 1 is 1.03 bits per heavy atom. The van der Waals surface area contributed by atoms with Crippen LogP contribution in [0.5, 0.6) is 5.75 Å². The first-order chi connectivity index (χ1) is 17.6. The molecule has 0 fully saturated rings. The van der Waals surface area contributed by atoms with Crippen molar-refractivity contribution in [2.75, 3.05) is 13.7 Å². The molecular formula is C29H24N2O4S. The van der Waals surface area contributed by atoms with Gasteiger partial charge in [0, 0.05) is 5.56 Å². The highest BCUT2D eigenvalue weighted by Crippen LogP contribution is 2.36. The summed E-state index contributed by atoms with van der Waals surface area (Å²) in [5.74, 6) is 0.116. The van der Waals surface area contributed by atoms with Crippen molar-refractivity contribution in [2.45, 2.75) is 13.0 Å². The summed E-state index contributed by atoms with van der Waals surface area (Å²) in [5, 5.41) is 0. The Hall–Kier alpha value is -4.23. The van der Waals surface area contributed by atoms with Gasteiger partial charge in [-0.05, 0) is 36.3 Å². The van der Waals surface area contributed by atoms with Crippen molar-refractivity contribution < 1.29 is 14.3 Å². The SMILES string of the molecule is CCOC(=O)C1=C(c2ccccc2)N=c2s/c(=C\c3ccccc3)c(=O)n2[C@H]1c1cccc(OC)c1. The number of rotatable bonds is 6. The van der Waals surface area contributed by atoms with Gasteiger partial charge < -0.3 is 9.47 Å². The Kier molecular flexibility index (Phi) is 6.64. The fraction of sp³-hybridized carbons (Fsp3) is 0.138. The molecule has 0 spiro atoms. The van der Waals surface area contributed by atoms with Crippen molar-refractivity contribution >= 4 is 29.1 Å². The van der Waals surface area contributed by atoms with Crippen LogP contribution in [0.15, 0.2) is 100 Å². The fourth-order valence-electron chi connectivity index (χ4n) is 4.27. The molecule has 1 aromatic heterocycles. The molecule has 5 rings (SSSR count). The second-order valence-corrected chi connectivity index (χ2v) is 9.13. The number of ether oxygens (including phenoxy) is 2. The Morgan fingerprint density at radius 2 is 1.75 bits per heavy atom. The lowest BCUT2D eigenvalue weighted by Crippen LogP contribution is -2.40. The molecule has 36 heavy (non-hydrogen) atoms. The standard InChI is InChI=1S/C29H24N2O4S/c1-3-35-28(33)24-25(20-13-8-5-9-14-20)30-29-31(26(24)21-15-10-16-22(18-21)34-2)27(32)23(36-29)17-19-11-6-4-7-12-19/h4-18,26H,3H2,1-2H3/b23-17-/t26-/m0/s1. The highest BCUT2D eigenvalue weighted by molar-refractivity contribution is 7.07. The number of benzene rings is 3. The maximum absolute atomic E-state index is 13.8. The monoisotopic (exact) mass is 496 g/mol. The Morgan fingerprint density at radius 3 is 2.44 bits per heavy atom. The van der Waals surface area contributed by atoms with Gasteiger partial charge in [-0.25, -0.2) is 9.79 Å². The second kappa shape index (κ2) is 10.2. The fourth-order valence-corrected chi connectivity index (χ4v) is 5.27. The van der Waals surface area contributed by atoms with E-state index < -0.39 is 12.0 Å². The van der Waals surface area contributed by atoms with E-state index in [2.05, 4.69) is 0 Å². The molecule has 0 aliphatic carbocycles. The van der Waals surface area contributed by atoms with E-state index in [1.54, 1.807) is 18.6 Å². The van der Waals surface area contributed by atoms with E-state index in [4.69, 9.17) is 14.5 Å². The minimum atomic E-state index is -0.733. The van der Waals surface area contributed by atoms with Crippen LogP contribution in [0.4, 0.5) is 0 Å². The first kappa shape index (κ1) is 23.5. The van der Waals surface area contributed by atoms with Crippen molar-refractivity contribution in [3.05, 3.63) is 127 Å². The molecule has 0 radical (unpaired) electrons. The Bertz CT molecular complexity index is 1620. The Balaban J connectivity index is 1.85. The molecule has 3 aromatic carbocycles.